The first-order valence-corrected chi connectivity index (χ1v) is 9.91. The van der Waals surface area contributed by atoms with E-state index in [2.05, 4.69) is 44.9 Å². The molecule has 0 nitrogen and oxygen atoms in total. The van der Waals surface area contributed by atoms with Crippen molar-refractivity contribution >= 4 is 0 Å². The molecule has 2 rings (SSSR count). The van der Waals surface area contributed by atoms with Crippen LogP contribution in [0.1, 0.15) is 70.1 Å². The van der Waals surface area contributed by atoms with Gasteiger partial charge in [0, 0.05) is 0 Å². The lowest BCUT2D eigenvalue weighted by atomic mass is 9.94. The van der Waals surface area contributed by atoms with E-state index in [4.69, 9.17) is 6.42 Å². The van der Waals surface area contributed by atoms with Crippen molar-refractivity contribution < 1.29 is 4.39 Å². The molecule has 0 spiro atoms. The molecule has 26 heavy (non-hydrogen) atoms. The normalized spacial score (nSPS) is 11.3. The SMILES string of the molecule is C#Cc1ccc(-c2ccc(CCCC(C)CCC)cc2C)cc1F.CC. The number of hydrogen-bond acceptors (Lipinski definition) is 0. The molecule has 0 bridgehead atoms. The maximum atomic E-state index is 13.9. The van der Waals surface area contributed by atoms with Crippen LogP contribution in [0, 0.1) is 31.0 Å². The van der Waals surface area contributed by atoms with Gasteiger partial charge in [0.1, 0.15) is 5.82 Å². The lowest BCUT2D eigenvalue weighted by molar-refractivity contribution is 0.469. The fraction of sp³-hybridized carbons (Fsp3) is 0.440. The van der Waals surface area contributed by atoms with Crippen molar-refractivity contribution in [2.75, 3.05) is 0 Å². The number of benzene rings is 2. The lowest BCUT2D eigenvalue weighted by Gasteiger charge is -2.12. The molecule has 0 N–H and O–H groups in total. The van der Waals surface area contributed by atoms with E-state index in [1.54, 1.807) is 6.07 Å². The molecule has 2 aromatic carbocycles. The Morgan fingerprint density at radius 1 is 1.08 bits per heavy atom. The summed E-state index contributed by atoms with van der Waals surface area (Å²) in [5.74, 6) is 2.85. The van der Waals surface area contributed by atoms with Crippen LogP contribution in [0.3, 0.4) is 0 Å². The predicted octanol–water partition coefficient (Wildman–Crippen LogP) is 7.57. The van der Waals surface area contributed by atoms with Gasteiger partial charge in [0.15, 0.2) is 0 Å². The van der Waals surface area contributed by atoms with Gasteiger partial charge >= 0.3 is 0 Å². The molecule has 0 aliphatic rings. The fourth-order valence-corrected chi connectivity index (χ4v) is 3.30. The van der Waals surface area contributed by atoms with Gasteiger partial charge in [-0.05, 0) is 60.1 Å². The second-order valence-electron chi connectivity index (χ2n) is 6.77. The second kappa shape index (κ2) is 11.5. The van der Waals surface area contributed by atoms with E-state index in [0.717, 1.165) is 23.5 Å². The van der Waals surface area contributed by atoms with Crippen LogP contribution in [-0.2, 0) is 6.42 Å². The third-order valence-corrected chi connectivity index (χ3v) is 4.67. The molecule has 140 valence electrons. The van der Waals surface area contributed by atoms with Gasteiger partial charge in [-0.1, -0.05) is 77.1 Å². The second-order valence-corrected chi connectivity index (χ2v) is 6.77. The summed E-state index contributed by atoms with van der Waals surface area (Å²) in [6, 6.07) is 11.6. The third kappa shape index (κ3) is 6.34. The highest BCUT2D eigenvalue weighted by molar-refractivity contribution is 5.68. The average molecular weight is 353 g/mol. The number of rotatable bonds is 7. The Kier molecular flexibility index (Phi) is 9.74. The van der Waals surface area contributed by atoms with Crippen molar-refractivity contribution in [3.63, 3.8) is 0 Å². The summed E-state index contributed by atoms with van der Waals surface area (Å²) >= 11 is 0. The summed E-state index contributed by atoms with van der Waals surface area (Å²) < 4.78 is 13.9. The smallest absolute Gasteiger partial charge is 0.139 e. The van der Waals surface area contributed by atoms with Crippen molar-refractivity contribution in [3.05, 3.63) is 58.9 Å². The summed E-state index contributed by atoms with van der Waals surface area (Å²) in [7, 11) is 0. The van der Waals surface area contributed by atoms with Crippen LogP contribution in [0.4, 0.5) is 4.39 Å². The number of terminal acetylenes is 1. The predicted molar refractivity (Wildman–Crippen MR) is 113 cm³/mol. The van der Waals surface area contributed by atoms with Crippen LogP contribution in [0.5, 0.6) is 0 Å². The first-order valence-electron chi connectivity index (χ1n) is 9.91. The first kappa shape index (κ1) is 22.0. The van der Waals surface area contributed by atoms with Gasteiger partial charge in [0.25, 0.3) is 0 Å². The summed E-state index contributed by atoms with van der Waals surface area (Å²) in [5, 5.41) is 0. The Morgan fingerprint density at radius 2 is 1.81 bits per heavy atom. The molecule has 0 saturated carbocycles. The summed E-state index contributed by atoms with van der Waals surface area (Å²) in [5.41, 5.74) is 4.81. The molecule has 0 fully saturated rings. The third-order valence-electron chi connectivity index (χ3n) is 4.67. The molecule has 0 aliphatic carbocycles. The molecule has 2 aromatic rings. The first-order chi connectivity index (χ1) is 12.5. The van der Waals surface area contributed by atoms with Gasteiger partial charge < -0.3 is 0 Å². The molecular formula is C25H33F. The zero-order valence-corrected chi connectivity index (χ0v) is 17.0. The highest BCUT2D eigenvalue weighted by atomic mass is 19.1. The van der Waals surface area contributed by atoms with Crippen LogP contribution in [-0.4, -0.2) is 0 Å². The number of aryl methyl sites for hydroxylation is 2. The summed E-state index contributed by atoms with van der Waals surface area (Å²) in [4.78, 5) is 0. The van der Waals surface area contributed by atoms with Crippen molar-refractivity contribution in [2.24, 2.45) is 5.92 Å². The minimum atomic E-state index is -0.330. The van der Waals surface area contributed by atoms with Gasteiger partial charge in [-0.15, -0.1) is 6.42 Å². The van der Waals surface area contributed by atoms with Gasteiger partial charge in [-0.2, -0.15) is 0 Å². The van der Waals surface area contributed by atoms with Gasteiger partial charge in [0.2, 0.25) is 0 Å². The van der Waals surface area contributed by atoms with E-state index in [9.17, 15) is 4.39 Å². The van der Waals surface area contributed by atoms with Crippen molar-refractivity contribution in [1.82, 2.24) is 0 Å². The Hall–Kier alpha value is -2.07. The van der Waals surface area contributed by atoms with E-state index in [-0.39, 0.29) is 5.82 Å². The molecule has 1 heteroatoms. The summed E-state index contributed by atoms with van der Waals surface area (Å²) in [6.07, 6.45) is 11.5. The molecule has 0 aromatic heterocycles. The van der Waals surface area contributed by atoms with E-state index in [1.807, 2.05) is 19.9 Å². The molecular weight excluding hydrogens is 319 g/mol. The van der Waals surface area contributed by atoms with E-state index in [0.29, 0.717) is 5.56 Å². The number of hydrogen-bond donors (Lipinski definition) is 0. The van der Waals surface area contributed by atoms with Crippen molar-refractivity contribution in [2.45, 2.75) is 66.7 Å². The van der Waals surface area contributed by atoms with Crippen LogP contribution in [0.2, 0.25) is 0 Å². The summed E-state index contributed by atoms with van der Waals surface area (Å²) in [6.45, 7) is 10.7. The lowest BCUT2D eigenvalue weighted by Crippen LogP contribution is -1.96. The monoisotopic (exact) mass is 352 g/mol. The fourth-order valence-electron chi connectivity index (χ4n) is 3.30. The molecule has 1 atom stereocenters. The van der Waals surface area contributed by atoms with Crippen molar-refractivity contribution in [3.8, 4) is 23.5 Å². The minimum Gasteiger partial charge on any atom is -0.206 e. The highest BCUT2D eigenvalue weighted by Gasteiger charge is 2.07. The maximum absolute atomic E-state index is 13.9. The zero-order chi connectivity index (χ0) is 19.5. The van der Waals surface area contributed by atoms with Crippen LogP contribution in [0.15, 0.2) is 36.4 Å². The Bertz CT molecular complexity index is 721. The minimum absolute atomic E-state index is 0.314. The Balaban J connectivity index is 0.00000163. The van der Waals surface area contributed by atoms with Crippen molar-refractivity contribution in [1.29, 1.82) is 0 Å². The van der Waals surface area contributed by atoms with Gasteiger partial charge in [-0.25, -0.2) is 4.39 Å². The largest absolute Gasteiger partial charge is 0.206 e. The Labute approximate surface area is 159 Å². The van der Waals surface area contributed by atoms with Gasteiger partial charge in [0.05, 0.1) is 5.56 Å². The number of halogens is 1. The topological polar surface area (TPSA) is 0 Å². The van der Waals surface area contributed by atoms with Crippen LogP contribution in [0.25, 0.3) is 11.1 Å². The molecule has 1 unspecified atom stereocenters. The Morgan fingerprint density at radius 3 is 2.38 bits per heavy atom. The van der Waals surface area contributed by atoms with Gasteiger partial charge in [-0.3, -0.25) is 0 Å². The zero-order valence-electron chi connectivity index (χ0n) is 17.0. The van der Waals surface area contributed by atoms with E-state index >= 15 is 0 Å². The highest BCUT2D eigenvalue weighted by Crippen LogP contribution is 2.26. The molecule has 0 radical (unpaired) electrons. The van der Waals surface area contributed by atoms with E-state index < -0.39 is 0 Å². The van der Waals surface area contributed by atoms with Crippen LogP contribution >= 0.6 is 0 Å². The van der Waals surface area contributed by atoms with Crippen LogP contribution < -0.4 is 0 Å². The maximum Gasteiger partial charge on any atom is 0.139 e. The molecule has 0 heterocycles. The average Bonchev–Trinajstić information content (AvgIpc) is 2.64. The quantitative estimate of drug-likeness (QED) is 0.451. The molecule has 0 amide bonds. The molecule has 0 saturated heterocycles. The van der Waals surface area contributed by atoms with E-state index in [1.165, 1.54) is 42.9 Å². The standard InChI is InChI=1S/C23H27F.C2H6/c1-5-8-17(3)9-7-10-19-11-14-22(18(4)15-19)21-13-12-20(6-2)23(24)16-21;1-2/h2,11-17H,5,7-10H2,1,3-4H3;1-2H3. The molecule has 0 aliphatic heterocycles.